The van der Waals surface area contributed by atoms with Gasteiger partial charge in [0, 0.05) is 21.6 Å². The van der Waals surface area contributed by atoms with E-state index in [0.717, 1.165) is 40.0 Å². The van der Waals surface area contributed by atoms with Crippen LogP contribution in [0.3, 0.4) is 0 Å². The van der Waals surface area contributed by atoms with E-state index in [9.17, 15) is 4.79 Å². The van der Waals surface area contributed by atoms with Gasteiger partial charge in [-0.1, -0.05) is 45.7 Å². The van der Waals surface area contributed by atoms with Crippen molar-refractivity contribution in [3.05, 3.63) is 93.7 Å². The average molecular weight is 499 g/mol. The van der Waals surface area contributed by atoms with Gasteiger partial charge in [0.25, 0.3) is 5.91 Å². The van der Waals surface area contributed by atoms with Gasteiger partial charge in [0.05, 0.1) is 24.2 Å². The standard InChI is InChI=1S/C24H21BrClN3O2/c25-18-6-3-5-17(15-18)24(30)27-16-23-28-21-7-1-2-8-22(21)29(23)13-4-14-31-20-11-9-19(26)10-12-20/h1-3,5-12,15H,4,13-14,16H2,(H,27,30). The van der Waals surface area contributed by atoms with Crippen molar-refractivity contribution in [3.8, 4) is 5.75 Å². The first-order valence-corrected chi connectivity index (χ1v) is 11.1. The van der Waals surface area contributed by atoms with Crippen LogP contribution in [0.5, 0.6) is 5.75 Å². The number of aromatic nitrogens is 2. The second-order valence-electron chi connectivity index (χ2n) is 7.02. The van der Waals surface area contributed by atoms with Crippen molar-refractivity contribution >= 4 is 44.5 Å². The Morgan fingerprint density at radius 3 is 2.68 bits per heavy atom. The van der Waals surface area contributed by atoms with Crippen LogP contribution < -0.4 is 10.1 Å². The Balaban J connectivity index is 1.42. The Morgan fingerprint density at radius 2 is 1.87 bits per heavy atom. The summed E-state index contributed by atoms with van der Waals surface area (Å²) in [6.07, 6.45) is 0.801. The monoisotopic (exact) mass is 497 g/mol. The summed E-state index contributed by atoms with van der Waals surface area (Å²) in [5.41, 5.74) is 2.56. The van der Waals surface area contributed by atoms with Gasteiger partial charge in [0.15, 0.2) is 0 Å². The van der Waals surface area contributed by atoms with E-state index in [1.165, 1.54) is 0 Å². The van der Waals surface area contributed by atoms with Gasteiger partial charge in [0.1, 0.15) is 11.6 Å². The highest BCUT2D eigenvalue weighted by Crippen LogP contribution is 2.19. The normalized spacial score (nSPS) is 10.9. The molecule has 0 atom stereocenters. The molecule has 0 unspecified atom stereocenters. The van der Waals surface area contributed by atoms with Crippen LogP contribution in [0.1, 0.15) is 22.6 Å². The fraction of sp³-hybridized carbons (Fsp3) is 0.167. The van der Waals surface area contributed by atoms with E-state index in [1.807, 2.05) is 60.7 Å². The first kappa shape index (κ1) is 21.4. The van der Waals surface area contributed by atoms with E-state index in [1.54, 1.807) is 12.1 Å². The molecule has 0 radical (unpaired) electrons. The summed E-state index contributed by atoms with van der Waals surface area (Å²) < 4.78 is 8.82. The molecule has 158 valence electrons. The molecule has 1 N–H and O–H groups in total. The maximum absolute atomic E-state index is 12.5. The van der Waals surface area contributed by atoms with Crippen molar-refractivity contribution in [1.29, 1.82) is 0 Å². The number of fused-ring (bicyclic) bond motifs is 1. The maximum Gasteiger partial charge on any atom is 0.251 e. The summed E-state index contributed by atoms with van der Waals surface area (Å²) in [5, 5.41) is 3.67. The van der Waals surface area contributed by atoms with E-state index >= 15 is 0 Å². The first-order chi connectivity index (χ1) is 15.1. The number of halogens is 2. The number of carbonyl (C=O) groups is 1. The Labute approximate surface area is 194 Å². The quantitative estimate of drug-likeness (QED) is 0.310. The molecule has 0 aliphatic rings. The van der Waals surface area contributed by atoms with Crippen LogP contribution in [0.4, 0.5) is 0 Å². The van der Waals surface area contributed by atoms with Gasteiger partial charge < -0.3 is 14.6 Å². The molecule has 0 aliphatic carbocycles. The largest absolute Gasteiger partial charge is 0.494 e. The number of amides is 1. The molecule has 0 fully saturated rings. The number of imidazole rings is 1. The Hall–Kier alpha value is -2.83. The van der Waals surface area contributed by atoms with E-state index in [4.69, 9.17) is 21.3 Å². The number of hydrogen-bond donors (Lipinski definition) is 1. The number of nitrogens with zero attached hydrogens (tertiary/aromatic N) is 2. The van der Waals surface area contributed by atoms with Gasteiger partial charge in [-0.05, 0) is 61.0 Å². The Bertz CT molecular complexity index is 1190. The molecule has 3 aromatic carbocycles. The van der Waals surface area contributed by atoms with Crippen LogP contribution >= 0.6 is 27.5 Å². The Kier molecular flexibility index (Phi) is 6.89. The SMILES string of the molecule is O=C(NCc1nc2ccccc2n1CCCOc1ccc(Cl)cc1)c1cccc(Br)c1. The van der Waals surface area contributed by atoms with E-state index in [0.29, 0.717) is 23.7 Å². The number of nitrogens with one attached hydrogen (secondary N) is 1. The van der Waals surface area contributed by atoms with Gasteiger partial charge in [-0.15, -0.1) is 0 Å². The summed E-state index contributed by atoms with van der Waals surface area (Å²) in [5.74, 6) is 1.48. The number of rotatable bonds is 8. The van der Waals surface area contributed by atoms with E-state index in [-0.39, 0.29) is 5.91 Å². The maximum atomic E-state index is 12.5. The minimum atomic E-state index is -0.133. The predicted octanol–water partition coefficient (Wildman–Crippen LogP) is 5.85. The molecule has 1 amide bonds. The molecular weight excluding hydrogens is 478 g/mol. The summed E-state index contributed by atoms with van der Waals surface area (Å²) in [4.78, 5) is 17.3. The zero-order valence-corrected chi connectivity index (χ0v) is 19.1. The number of hydrogen-bond acceptors (Lipinski definition) is 3. The van der Waals surface area contributed by atoms with Crippen LogP contribution in [0.15, 0.2) is 77.3 Å². The van der Waals surface area contributed by atoms with Crippen molar-refractivity contribution in [2.24, 2.45) is 0 Å². The molecule has 0 bridgehead atoms. The summed E-state index contributed by atoms with van der Waals surface area (Å²) in [7, 11) is 0. The minimum Gasteiger partial charge on any atom is -0.494 e. The number of para-hydroxylation sites is 2. The lowest BCUT2D eigenvalue weighted by molar-refractivity contribution is 0.0949. The molecule has 4 rings (SSSR count). The molecule has 4 aromatic rings. The molecule has 0 saturated carbocycles. The third kappa shape index (κ3) is 5.46. The summed E-state index contributed by atoms with van der Waals surface area (Å²) in [6.45, 7) is 1.65. The fourth-order valence-corrected chi connectivity index (χ4v) is 3.87. The van der Waals surface area contributed by atoms with E-state index < -0.39 is 0 Å². The third-order valence-corrected chi connectivity index (χ3v) is 5.58. The van der Waals surface area contributed by atoms with Crippen LogP contribution in [-0.2, 0) is 13.1 Å². The lowest BCUT2D eigenvalue weighted by Crippen LogP contribution is -2.25. The third-order valence-electron chi connectivity index (χ3n) is 4.84. The van der Waals surface area contributed by atoms with Gasteiger partial charge in [-0.25, -0.2) is 4.98 Å². The predicted molar refractivity (Wildman–Crippen MR) is 127 cm³/mol. The minimum absolute atomic E-state index is 0.133. The van der Waals surface area contributed by atoms with Crippen LogP contribution in [0.25, 0.3) is 11.0 Å². The second-order valence-corrected chi connectivity index (χ2v) is 8.37. The van der Waals surface area contributed by atoms with Crippen molar-refractivity contribution in [3.63, 3.8) is 0 Å². The summed E-state index contributed by atoms with van der Waals surface area (Å²) in [6, 6.07) is 22.6. The highest BCUT2D eigenvalue weighted by atomic mass is 79.9. The van der Waals surface area contributed by atoms with Crippen LogP contribution in [0, 0.1) is 0 Å². The second kappa shape index (κ2) is 9.98. The molecule has 0 aliphatic heterocycles. The van der Waals surface area contributed by atoms with Crippen molar-refractivity contribution in [2.45, 2.75) is 19.5 Å². The van der Waals surface area contributed by atoms with Crippen molar-refractivity contribution in [2.75, 3.05) is 6.61 Å². The Morgan fingerprint density at radius 1 is 1.06 bits per heavy atom. The van der Waals surface area contributed by atoms with Gasteiger partial charge in [0.2, 0.25) is 0 Å². The highest BCUT2D eigenvalue weighted by Gasteiger charge is 2.12. The van der Waals surface area contributed by atoms with Gasteiger partial charge >= 0.3 is 0 Å². The van der Waals surface area contributed by atoms with Crippen molar-refractivity contribution in [1.82, 2.24) is 14.9 Å². The van der Waals surface area contributed by atoms with Crippen LogP contribution in [0.2, 0.25) is 5.02 Å². The number of benzene rings is 3. The zero-order valence-electron chi connectivity index (χ0n) is 16.7. The molecule has 0 spiro atoms. The van der Waals surface area contributed by atoms with Crippen molar-refractivity contribution < 1.29 is 9.53 Å². The lowest BCUT2D eigenvalue weighted by Gasteiger charge is -2.11. The number of carbonyl (C=O) groups excluding carboxylic acids is 1. The van der Waals surface area contributed by atoms with Gasteiger partial charge in [-0.3, -0.25) is 4.79 Å². The topological polar surface area (TPSA) is 56.2 Å². The zero-order chi connectivity index (χ0) is 21.6. The van der Waals surface area contributed by atoms with Crippen LogP contribution in [-0.4, -0.2) is 22.1 Å². The number of aryl methyl sites for hydroxylation is 1. The average Bonchev–Trinajstić information content (AvgIpc) is 3.14. The molecule has 1 heterocycles. The van der Waals surface area contributed by atoms with E-state index in [2.05, 4.69) is 25.8 Å². The lowest BCUT2D eigenvalue weighted by atomic mass is 10.2. The molecule has 1 aromatic heterocycles. The number of ether oxygens (including phenoxy) is 1. The fourth-order valence-electron chi connectivity index (χ4n) is 3.34. The van der Waals surface area contributed by atoms with Gasteiger partial charge in [-0.2, -0.15) is 0 Å². The molecule has 0 saturated heterocycles. The highest BCUT2D eigenvalue weighted by molar-refractivity contribution is 9.10. The molecular formula is C24H21BrClN3O2. The first-order valence-electron chi connectivity index (χ1n) is 9.96. The molecule has 5 nitrogen and oxygen atoms in total. The molecule has 31 heavy (non-hydrogen) atoms. The summed E-state index contributed by atoms with van der Waals surface area (Å²) >= 11 is 9.32. The molecule has 7 heteroatoms. The smallest absolute Gasteiger partial charge is 0.251 e.